The van der Waals surface area contributed by atoms with Crippen LogP contribution < -0.4 is 4.72 Å². The van der Waals surface area contributed by atoms with Crippen LogP contribution in [0.25, 0.3) is 0 Å². The summed E-state index contributed by atoms with van der Waals surface area (Å²) >= 11 is 1.31. The molecule has 2 rings (SSSR count). The number of aromatic nitrogens is 1. The van der Waals surface area contributed by atoms with Gasteiger partial charge in [0.25, 0.3) is 10.0 Å². The number of carboxylic acids is 1. The molecule has 0 atom stereocenters. The smallest absolute Gasteiger partial charge is 0.371 e. The first-order valence-corrected chi connectivity index (χ1v) is 7.86. The molecule has 0 radical (unpaired) electrons. The van der Waals surface area contributed by atoms with E-state index in [4.69, 9.17) is 9.52 Å². The van der Waals surface area contributed by atoms with Gasteiger partial charge in [-0.2, -0.15) is 4.72 Å². The summed E-state index contributed by atoms with van der Waals surface area (Å²) in [6.45, 7) is 3.31. The molecule has 0 spiro atoms. The Morgan fingerprint density at radius 2 is 2.15 bits per heavy atom. The second-order valence-corrected chi connectivity index (χ2v) is 7.00. The van der Waals surface area contributed by atoms with E-state index < -0.39 is 32.4 Å². The van der Waals surface area contributed by atoms with Gasteiger partial charge in [-0.3, -0.25) is 0 Å². The minimum absolute atomic E-state index is 0.433. The van der Waals surface area contributed by atoms with Crippen molar-refractivity contribution in [2.75, 3.05) is 0 Å². The zero-order chi connectivity index (χ0) is 15.0. The lowest BCUT2D eigenvalue weighted by Crippen LogP contribution is -2.40. The van der Waals surface area contributed by atoms with Crippen molar-refractivity contribution in [1.29, 1.82) is 0 Å². The Morgan fingerprint density at radius 3 is 2.65 bits per heavy atom. The molecule has 0 aromatic carbocycles. The van der Waals surface area contributed by atoms with Crippen molar-refractivity contribution in [3.63, 3.8) is 0 Å². The molecule has 2 heterocycles. The van der Waals surface area contributed by atoms with Crippen molar-refractivity contribution in [1.82, 2.24) is 9.71 Å². The number of hydrogen-bond donors (Lipinski definition) is 2. The summed E-state index contributed by atoms with van der Waals surface area (Å²) in [7, 11) is -3.97. The highest BCUT2D eigenvalue weighted by Gasteiger charge is 2.32. The van der Waals surface area contributed by atoms with Gasteiger partial charge in [0, 0.05) is 11.6 Å². The van der Waals surface area contributed by atoms with Gasteiger partial charge in [0.2, 0.25) is 10.9 Å². The molecule has 7 nitrogen and oxygen atoms in total. The number of hydrogen-bond acceptors (Lipinski definition) is 6. The van der Waals surface area contributed by atoms with E-state index in [9.17, 15) is 13.2 Å². The second kappa shape index (κ2) is 5.00. The summed E-state index contributed by atoms with van der Waals surface area (Å²) in [6, 6.07) is 2.19. The highest BCUT2D eigenvalue weighted by Crippen LogP contribution is 2.25. The molecule has 0 saturated carbocycles. The number of furan rings is 1. The van der Waals surface area contributed by atoms with E-state index >= 15 is 0 Å². The Morgan fingerprint density at radius 1 is 1.45 bits per heavy atom. The lowest BCUT2D eigenvalue weighted by atomic mass is 10.1. The van der Waals surface area contributed by atoms with Crippen LogP contribution in [0, 0.1) is 0 Å². The Kier molecular flexibility index (Phi) is 3.67. The number of carboxylic acid groups (broad SMARTS) is 1. The minimum atomic E-state index is -3.97. The predicted octanol–water partition coefficient (Wildman–Crippen LogP) is 1.65. The van der Waals surface area contributed by atoms with Crippen LogP contribution in [0.2, 0.25) is 0 Å². The van der Waals surface area contributed by atoms with Crippen LogP contribution in [0.4, 0.5) is 0 Å². The maximum atomic E-state index is 12.2. The van der Waals surface area contributed by atoms with Crippen LogP contribution in [-0.2, 0) is 15.6 Å². The van der Waals surface area contributed by atoms with E-state index in [1.165, 1.54) is 11.3 Å². The molecule has 0 unspecified atom stereocenters. The number of nitrogens with zero attached hydrogens (tertiary/aromatic N) is 1. The highest BCUT2D eigenvalue weighted by atomic mass is 32.2. The van der Waals surface area contributed by atoms with Crippen LogP contribution >= 0.6 is 11.3 Å². The summed E-state index contributed by atoms with van der Waals surface area (Å²) < 4.78 is 31.6. The molecule has 20 heavy (non-hydrogen) atoms. The molecule has 0 aliphatic carbocycles. The third-order valence-corrected chi connectivity index (χ3v) is 5.04. The quantitative estimate of drug-likeness (QED) is 0.868. The zero-order valence-corrected chi connectivity index (χ0v) is 12.3. The van der Waals surface area contributed by atoms with Crippen molar-refractivity contribution in [2.45, 2.75) is 24.5 Å². The number of rotatable bonds is 5. The van der Waals surface area contributed by atoms with E-state index in [0.29, 0.717) is 5.01 Å². The van der Waals surface area contributed by atoms with Crippen LogP contribution in [0.1, 0.15) is 29.4 Å². The van der Waals surface area contributed by atoms with Gasteiger partial charge < -0.3 is 9.52 Å². The Bertz CT molecular complexity index is 716. The van der Waals surface area contributed by atoms with Crippen molar-refractivity contribution in [3.8, 4) is 0 Å². The monoisotopic (exact) mass is 316 g/mol. The standard InChI is InChI=1S/C11H12N2O5S2/c1-11(2,10-12-5-6-19-10)13-20(16,17)8-4-3-7(18-8)9(14)15/h3-6,13H,1-2H3,(H,14,15). The lowest BCUT2D eigenvalue weighted by Gasteiger charge is -2.22. The van der Waals surface area contributed by atoms with Gasteiger partial charge in [-0.1, -0.05) is 0 Å². The molecule has 108 valence electrons. The van der Waals surface area contributed by atoms with E-state index in [2.05, 4.69) is 9.71 Å². The predicted molar refractivity (Wildman–Crippen MR) is 71.1 cm³/mol. The molecule has 0 fully saturated rings. The first-order valence-electron chi connectivity index (χ1n) is 5.49. The summed E-state index contributed by atoms with van der Waals surface area (Å²) in [6.07, 6.45) is 1.57. The molecule has 0 aliphatic rings. The van der Waals surface area contributed by atoms with Crippen LogP contribution in [0.5, 0.6) is 0 Å². The average Bonchev–Trinajstić information content (AvgIpc) is 3.00. The van der Waals surface area contributed by atoms with E-state index in [0.717, 1.165) is 12.1 Å². The lowest BCUT2D eigenvalue weighted by molar-refractivity contribution is 0.0656. The number of sulfonamides is 1. The van der Waals surface area contributed by atoms with Crippen molar-refractivity contribution in [3.05, 3.63) is 34.5 Å². The number of carbonyl (C=O) groups is 1. The van der Waals surface area contributed by atoms with Gasteiger partial charge in [0.15, 0.2) is 0 Å². The number of aromatic carboxylic acids is 1. The molecule has 0 bridgehead atoms. The van der Waals surface area contributed by atoms with E-state index in [1.807, 2.05) is 0 Å². The minimum Gasteiger partial charge on any atom is -0.475 e. The maximum absolute atomic E-state index is 12.2. The Balaban J connectivity index is 2.29. The highest BCUT2D eigenvalue weighted by molar-refractivity contribution is 7.89. The molecule has 2 aromatic rings. The first kappa shape index (κ1) is 14.7. The summed E-state index contributed by atoms with van der Waals surface area (Å²) in [5.74, 6) is -1.76. The summed E-state index contributed by atoms with van der Waals surface area (Å²) in [5, 5.41) is 10.6. The van der Waals surface area contributed by atoms with Crippen LogP contribution in [0.3, 0.4) is 0 Å². The number of thiazole rings is 1. The van der Waals surface area contributed by atoms with Gasteiger partial charge in [0.05, 0.1) is 5.54 Å². The molecule has 2 aromatic heterocycles. The van der Waals surface area contributed by atoms with Crippen molar-refractivity contribution < 1.29 is 22.7 Å². The fourth-order valence-corrected chi connectivity index (χ4v) is 3.64. The van der Waals surface area contributed by atoms with Gasteiger partial charge in [0.1, 0.15) is 5.01 Å². The second-order valence-electron chi connectivity index (χ2n) is 4.49. The summed E-state index contributed by atoms with van der Waals surface area (Å²) in [5.41, 5.74) is -0.927. The molecule has 0 aliphatic heterocycles. The Labute approximate surface area is 119 Å². The third-order valence-electron chi connectivity index (χ3n) is 2.41. The molecule has 0 amide bonds. The topological polar surface area (TPSA) is 110 Å². The van der Waals surface area contributed by atoms with Gasteiger partial charge >= 0.3 is 5.97 Å². The number of nitrogens with one attached hydrogen (secondary N) is 1. The fraction of sp³-hybridized carbons (Fsp3) is 0.273. The molecule has 2 N–H and O–H groups in total. The van der Waals surface area contributed by atoms with E-state index in [1.54, 1.807) is 25.4 Å². The zero-order valence-electron chi connectivity index (χ0n) is 10.7. The fourth-order valence-electron chi connectivity index (χ4n) is 1.54. The van der Waals surface area contributed by atoms with Crippen LogP contribution in [0.15, 0.2) is 33.2 Å². The summed E-state index contributed by atoms with van der Waals surface area (Å²) in [4.78, 5) is 14.8. The van der Waals surface area contributed by atoms with Crippen molar-refractivity contribution in [2.24, 2.45) is 0 Å². The largest absolute Gasteiger partial charge is 0.475 e. The van der Waals surface area contributed by atoms with Gasteiger partial charge in [-0.25, -0.2) is 18.2 Å². The van der Waals surface area contributed by atoms with Gasteiger partial charge in [-0.15, -0.1) is 11.3 Å². The third kappa shape index (κ3) is 2.89. The maximum Gasteiger partial charge on any atom is 0.371 e. The SMILES string of the molecule is CC(C)(NS(=O)(=O)c1ccc(C(=O)O)o1)c1nccs1. The van der Waals surface area contributed by atoms with E-state index in [-0.39, 0.29) is 0 Å². The van der Waals surface area contributed by atoms with Crippen molar-refractivity contribution >= 4 is 27.3 Å². The normalized spacial score (nSPS) is 12.5. The molecular formula is C11H12N2O5S2. The first-order chi connectivity index (χ1) is 9.22. The van der Waals surface area contributed by atoms with Gasteiger partial charge in [-0.05, 0) is 26.0 Å². The molecule has 0 saturated heterocycles. The molecule has 9 heteroatoms. The average molecular weight is 316 g/mol. The van der Waals surface area contributed by atoms with Crippen LogP contribution in [-0.4, -0.2) is 24.5 Å². The Hall–Kier alpha value is -1.71. The molecular weight excluding hydrogens is 304 g/mol.